The molecule has 0 bridgehead atoms. The Morgan fingerprint density at radius 2 is 2.11 bits per heavy atom. The predicted molar refractivity (Wildman–Crippen MR) is 111 cm³/mol. The molecule has 1 aliphatic heterocycles. The Hall–Kier alpha value is -2.64. The number of benzene rings is 2. The second kappa shape index (κ2) is 7.54. The number of fused-ring (bicyclic) bond motifs is 2. The molecule has 0 atom stereocenters. The maximum absolute atomic E-state index is 10.6. The topological polar surface area (TPSA) is 82.0 Å². The molecule has 0 saturated carbocycles. The fourth-order valence-corrected chi connectivity index (χ4v) is 3.49. The zero-order valence-corrected chi connectivity index (χ0v) is 16.4. The first-order chi connectivity index (χ1) is 13.2. The summed E-state index contributed by atoms with van der Waals surface area (Å²) in [5.41, 5.74) is 4.37. The number of aromatic amines is 1. The summed E-state index contributed by atoms with van der Waals surface area (Å²) in [6, 6.07) is 13.5. The van der Waals surface area contributed by atoms with Gasteiger partial charge in [-0.3, -0.25) is 0 Å². The number of aromatic nitrogens is 1. The molecule has 27 heavy (non-hydrogen) atoms. The Morgan fingerprint density at radius 1 is 1.26 bits per heavy atom. The SMILES string of the molecule is CCNCCON=C1C(c2c(O)[nH]c3ccc(Br)cc23)=Nc2ccccc21. The summed E-state index contributed by atoms with van der Waals surface area (Å²) in [5.74, 6) is 0.0648. The van der Waals surface area contributed by atoms with Crippen molar-refractivity contribution in [2.75, 3.05) is 19.7 Å². The lowest BCUT2D eigenvalue weighted by Crippen LogP contribution is -2.19. The summed E-state index contributed by atoms with van der Waals surface area (Å²) < 4.78 is 0.923. The molecule has 4 rings (SSSR count). The third-order valence-corrected chi connectivity index (χ3v) is 4.86. The van der Waals surface area contributed by atoms with E-state index in [1.165, 1.54) is 0 Å². The third kappa shape index (κ3) is 3.36. The van der Waals surface area contributed by atoms with Gasteiger partial charge in [0.05, 0.1) is 11.3 Å². The van der Waals surface area contributed by atoms with Gasteiger partial charge in [0, 0.05) is 27.5 Å². The minimum Gasteiger partial charge on any atom is -0.494 e. The molecule has 0 unspecified atom stereocenters. The van der Waals surface area contributed by atoms with E-state index in [0.717, 1.165) is 33.2 Å². The molecule has 138 valence electrons. The lowest BCUT2D eigenvalue weighted by molar-refractivity contribution is 0.147. The molecule has 0 aliphatic carbocycles. The summed E-state index contributed by atoms with van der Waals surface area (Å²) in [4.78, 5) is 13.3. The van der Waals surface area contributed by atoms with Crippen LogP contribution in [-0.4, -0.2) is 41.2 Å². The minimum atomic E-state index is 0.0648. The van der Waals surface area contributed by atoms with Crippen molar-refractivity contribution in [3.8, 4) is 5.88 Å². The normalized spacial score (nSPS) is 14.6. The number of H-pyrrole nitrogens is 1. The zero-order chi connectivity index (χ0) is 18.8. The van der Waals surface area contributed by atoms with Crippen molar-refractivity contribution in [1.29, 1.82) is 0 Å². The molecule has 1 aliphatic rings. The molecule has 0 amide bonds. The highest BCUT2D eigenvalue weighted by atomic mass is 79.9. The average molecular weight is 427 g/mol. The predicted octanol–water partition coefficient (Wildman–Crippen LogP) is 4.10. The van der Waals surface area contributed by atoms with Gasteiger partial charge in [-0.15, -0.1) is 0 Å². The first-order valence-corrected chi connectivity index (χ1v) is 9.58. The molecule has 3 aromatic rings. The largest absolute Gasteiger partial charge is 0.494 e. The van der Waals surface area contributed by atoms with Crippen LogP contribution in [0.4, 0.5) is 5.69 Å². The Balaban J connectivity index is 1.78. The quantitative estimate of drug-likeness (QED) is 0.409. The Bertz CT molecular complexity index is 1060. The maximum Gasteiger partial charge on any atom is 0.199 e. The summed E-state index contributed by atoms with van der Waals surface area (Å²) in [7, 11) is 0. The smallest absolute Gasteiger partial charge is 0.199 e. The molecular formula is C20H19BrN4O2. The lowest BCUT2D eigenvalue weighted by Gasteiger charge is -2.06. The van der Waals surface area contributed by atoms with Gasteiger partial charge in [-0.25, -0.2) is 4.99 Å². The number of oxime groups is 1. The van der Waals surface area contributed by atoms with Gasteiger partial charge in [0.15, 0.2) is 5.88 Å². The Labute approximate surface area is 165 Å². The first kappa shape index (κ1) is 17.8. The van der Waals surface area contributed by atoms with Crippen LogP contribution in [0.1, 0.15) is 18.1 Å². The summed E-state index contributed by atoms with van der Waals surface area (Å²) in [5, 5.41) is 19.0. The van der Waals surface area contributed by atoms with Crippen molar-refractivity contribution < 1.29 is 9.94 Å². The molecule has 0 saturated heterocycles. The van der Waals surface area contributed by atoms with E-state index in [1.807, 2.05) is 49.4 Å². The fraction of sp³-hybridized carbons (Fsp3) is 0.200. The number of nitrogens with one attached hydrogen (secondary N) is 2. The van der Waals surface area contributed by atoms with Gasteiger partial charge in [-0.1, -0.05) is 46.2 Å². The van der Waals surface area contributed by atoms with Crippen molar-refractivity contribution in [3.05, 3.63) is 58.1 Å². The van der Waals surface area contributed by atoms with Crippen LogP contribution < -0.4 is 5.32 Å². The molecule has 2 heterocycles. The van der Waals surface area contributed by atoms with Crippen LogP contribution in [0.2, 0.25) is 0 Å². The van der Waals surface area contributed by atoms with E-state index in [2.05, 4.69) is 31.4 Å². The zero-order valence-electron chi connectivity index (χ0n) is 14.8. The van der Waals surface area contributed by atoms with Gasteiger partial charge in [0.25, 0.3) is 0 Å². The number of aromatic hydroxyl groups is 1. The van der Waals surface area contributed by atoms with E-state index in [4.69, 9.17) is 9.83 Å². The maximum atomic E-state index is 10.6. The second-order valence-electron chi connectivity index (χ2n) is 6.14. The van der Waals surface area contributed by atoms with Gasteiger partial charge < -0.3 is 20.2 Å². The first-order valence-electron chi connectivity index (χ1n) is 8.78. The number of para-hydroxylation sites is 1. The third-order valence-electron chi connectivity index (χ3n) is 4.37. The van der Waals surface area contributed by atoms with Crippen LogP contribution in [-0.2, 0) is 4.84 Å². The van der Waals surface area contributed by atoms with Gasteiger partial charge in [-0.2, -0.15) is 0 Å². The highest BCUT2D eigenvalue weighted by Gasteiger charge is 2.29. The van der Waals surface area contributed by atoms with E-state index < -0.39 is 0 Å². The molecule has 1 aromatic heterocycles. The minimum absolute atomic E-state index is 0.0648. The molecule has 3 N–H and O–H groups in total. The van der Waals surface area contributed by atoms with E-state index in [-0.39, 0.29) is 5.88 Å². The van der Waals surface area contributed by atoms with E-state index >= 15 is 0 Å². The highest BCUT2D eigenvalue weighted by molar-refractivity contribution is 9.10. The van der Waals surface area contributed by atoms with Crippen LogP contribution in [0.3, 0.4) is 0 Å². The standard InChI is InChI=1S/C20H19BrN4O2/c1-2-22-9-10-27-25-18-13-5-3-4-6-15(13)23-19(18)17-14-11-12(21)7-8-16(14)24-20(17)26/h3-8,11,22,24,26H,2,9-10H2,1H3. The van der Waals surface area contributed by atoms with Crippen LogP contribution in [0.5, 0.6) is 5.88 Å². The molecule has 6 nitrogen and oxygen atoms in total. The number of rotatable bonds is 6. The molecular weight excluding hydrogens is 408 g/mol. The van der Waals surface area contributed by atoms with Crippen LogP contribution in [0, 0.1) is 0 Å². The average Bonchev–Trinajstić information content (AvgIpc) is 3.18. The van der Waals surface area contributed by atoms with Crippen molar-refractivity contribution in [2.24, 2.45) is 10.1 Å². The summed E-state index contributed by atoms with van der Waals surface area (Å²) >= 11 is 3.50. The Morgan fingerprint density at radius 3 is 2.96 bits per heavy atom. The molecule has 0 radical (unpaired) electrons. The number of aliphatic imine (C=N–C) groups is 1. The highest BCUT2D eigenvalue weighted by Crippen LogP contribution is 2.36. The monoisotopic (exact) mass is 426 g/mol. The summed E-state index contributed by atoms with van der Waals surface area (Å²) in [6.45, 7) is 4.10. The lowest BCUT2D eigenvalue weighted by atomic mass is 10.0. The number of hydrogen-bond acceptors (Lipinski definition) is 5. The molecule has 2 aromatic carbocycles. The van der Waals surface area contributed by atoms with Gasteiger partial charge in [0.1, 0.15) is 18.0 Å². The Kier molecular flexibility index (Phi) is 4.96. The van der Waals surface area contributed by atoms with Crippen molar-refractivity contribution in [2.45, 2.75) is 6.92 Å². The van der Waals surface area contributed by atoms with Gasteiger partial charge in [0.2, 0.25) is 0 Å². The number of likely N-dealkylation sites (N-methyl/N-ethyl adjacent to an activating group) is 1. The van der Waals surface area contributed by atoms with Crippen molar-refractivity contribution in [3.63, 3.8) is 0 Å². The molecule has 0 fully saturated rings. The van der Waals surface area contributed by atoms with Crippen LogP contribution >= 0.6 is 15.9 Å². The van der Waals surface area contributed by atoms with Gasteiger partial charge >= 0.3 is 0 Å². The molecule has 0 spiro atoms. The summed E-state index contributed by atoms with van der Waals surface area (Å²) in [6.07, 6.45) is 0. The van der Waals surface area contributed by atoms with E-state index in [0.29, 0.717) is 30.1 Å². The van der Waals surface area contributed by atoms with Crippen molar-refractivity contribution in [1.82, 2.24) is 10.3 Å². The number of nitrogens with zero attached hydrogens (tertiary/aromatic N) is 2. The number of halogens is 1. The van der Waals surface area contributed by atoms with Crippen LogP contribution in [0.25, 0.3) is 10.9 Å². The van der Waals surface area contributed by atoms with Crippen molar-refractivity contribution >= 4 is 43.9 Å². The second-order valence-corrected chi connectivity index (χ2v) is 7.06. The fourth-order valence-electron chi connectivity index (χ4n) is 3.13. The van der Waals surface area contributed by atoms with E-state index in [1.54, 1.807) is 0 Å². The van der Waals surface area contributed by atoms with Crippen LogP contribution in [0.15, 0.2) is 57.1 Å². The van der Waals surface area contributed by atoms with Gasteiger partial charge in [-0.05, 0) is 30.8 Å². The number of hydrogen-bond donors (Lipinski definition) is 3. The molecule has 7 heteroatoms. The van der Waals surface area contributed by atoms with E-state index in [9.17, 15) is 5.11 Å².